The monoisotopic (exact) mass is 350 g/mol. The molecule has 5 unspecified atom stereocenters. The Kier molecular flexibility index (Phi) is 6.03. The van der Waals surface area contributed by atoms with Gasteiger partial charge >= 0.3 is 5.97 Å². The van der Waals surface area contributed by atoms with Crippen LogP contribution in [0.5, 0.6) is 0 Å². The van der Waals surface area contributed by atoms with Gasteiger partial charge in [0.05, 0.1) is 17.6 Å². The third kappa shape index (κ3) is 4.42. The highest BCUT2D eigenvalue weighted by Gasteiger charge is 2.32. The van der Waals surface area contributed by atoms with E-state index in [4.69, 9.17) is 10.1 Å². The number of hydrogen-bond donors (Lipinski definition) is 1. The zero-order valence-corrected chi connectivity index (χ0v) is 15.7. The number of carbonyl (C=O) groups is 1. The molecule has 0 saturated heterocycles. The van der Waals surface area contributed by atoms with Gasteiger partial charge in [0.2, 0.25) is 0 Å². The summed E-state index contributed by atoms with van der Waals surface area (Å²) in [6, 6.07) is 0.975. The molecular weight excluding hydrogens is 320 g/mol. The van der Waals surface area contributed by atoms with Crippen LogP contribution in [-0.2, 0) is 4.79 Å². The minimum Gasteiger partial charge on any atom is -0.480 e. The summed E-state index contributed by atoms with van der Waals surface area (Å²) in [6.45, 7) is 2.45. The van der Waals surface area contributed by atoms with Gasteiger partial charge in [-0.1, -0.05) is 25.8 Å². The van der Waals surface area contributed by atoms with Crippen LogP contribution in [0.3, 0.4) is 0 Å². The maximum absolute atomic E-state index is 10.9. The summed E-state index contributed by atoms with van der Waals surface area (Å²) >= 11 is 1.99. The van der Waals surface area contributed by atoms with Gasteiger partial charge < -0.3 is 5.11 Å². The van der Waals surface area contributed by atoms with Crippen LogP contribution in [0, 0.1) is 11.8 Å². The number of aliphatic carboxylic acids is 1. The zero-order valence-electron chi connectivity index (χ0n) is 14.9. The summed E-state index contributed by atoms with van der Waals surface area (Å²) < 4.78 is 0. The third-order valence-corrected chi connectivity index (χ3v) is 7.27. The molecule has 2 saturated carbocycles. The molecule has 1 aliphatic heterocycles. The molecule has 3 aliphatic rings. The molecule has 4 nitrogen and oxygen atoms in total. The minimum atomic E-state index is -0.732. The Morgan fingerprint density at radius 3 is 2.83 bits per heavy atom. The topological polar surface area (TPSA) is 52.9 Å². The van der Waals surface area contributed by atoms with Crippen LogP contribution in [0.2, 0.25) is 0 Å². The Bertz CT molecular complexity index is 519. The SMILES string of the molecule is CC1CC(N(C)CC(=O)O)CCC1/C=C/C1=NC2CCCCC2S1. The number of thioether (sulfide) groups is 1. The summed E-state index contributed by atoms with van der Waals surface area (Å²) in [4.78, 5) is 17.8. The lowest BCUT2D eigenvalue weighted by Gasteiger charge is -2.37. The van der Waals surface area contributed by atoms with Crippen LogP contribution in [0.1, 0.15) is 51.9 Å². The number of nitrogens with zero attached hydrogens (tertiary/aromatic N) is 2. The van der Waals surface area contributed by atoms with Crippen LogP contribution < -0.4 is 0 Å². The summed E-state index contributed by atoms with van der Waals surface area (Å²) in [6.07, 6.45) is 13.3. The number of rotatable bonds is 5. The first-order valence-corrected chi connectivity index (χ1v) is 10.3. The van der Waals surface area contributed by atoms with Crippen molar-refractivity contribution in [3.63, 3.8) is 0 Å². The largest absolute Gasteiger partial charge is 0.480 e. The van der Waals surface area contributed by atoms with Crippen LogP contribution in [-0.4, -0.2) is 51.9 Å². The number of allylic oxidation sites excluding steroid dienone is 1. The van der Waals surface area contributed by atoms with Crippen molar-refractivity contribution in [1.82, 2.24) is 4.90 Å². The van der Waals surface area contributed by atoms with Gasteiger partial charge in [0.25, 0.3) is 0 Å². The second kappa shape index (κ2) is 8.05. The molecule has 0 aromatic carbocycles. The lowest BCUT2D eigenvalue weighted by atomic mass is 9.77. The van der Waals surface area contributed by atoms with Crippen molar-refractivity contribution < 1.29 is 9.90 Å². The molecular formula is C19H30N2O2S. The van der Waals surface area contributed by atoms with E-state index in [0.29, 0.717) is 23.9 Å². The number of carboxylic acid groups (broad SMARTS) is 1. The van der Waals surface area contributed by atoms with E-state index in [9.17, 15) is 4.79 Å². The predicted octanol–water partition coefficient (Wildman–Crippen LogP) is 3.82. The minimum absolute atomic E-state index is 0.147. The van der Waals surface area contributed by atoms with Gasteiger partial charge in [-0.25, -0.2) is 0 Å². The Balaban J connectivity index is 1.51. The second-order valence-corrected chi connectivity index (χ2v) is 9.01. The molecule has 0 aromatic rings. The van der Waals surface area contributed by atoms with Gasteiger partial charge in [0, 0.05) is 11.3 Å². The molecule has 0 aromatic heterocycles. The zero-order chi connectivity index (χ0) is 17.1. The molecule has 5 atom stereocenters. The Morgan fingerprint density at radius 1 is 1.33 bits per heavy atom. The maximum Gasteiger partial charge on any atom is 0.317 e. The fourth-order valence-electron chi connectivity index (χ4n) is 4.42. The van der Waals surface area contributed by atoms with Crippen molar-refractivity contribution in [2.24, 2.45) is 16.8 Å². The third-order valence-electron chi connectivity index (χ3n) is 5.93. The first kappa shape index (κ1) is 18.0. The molecule has 1 N–H and O–H groups in total. The van der Waals surface area contributed by atoms with Gasteiger partial charge in [0.15, 0.2) is 0 Å². The van der Waals surface area contributed by atoms with Crippen molar-refractivity contribution in [2.75, 3.05) is 13.6 Å². The summed E-state index contributed by atoms with van der Waals surface area (Å²) in [5.41, 5.74) is 0. The highest BCUT2D eigenvalue weighted by atomic mass is 32.2. The number of carboxylic acids is 1. The van der Waals surface area contributed by atoms with Gasteiger partial charge in [0.1, 0.15) is 0 Å². The first-order valence-electron chi connectivity index (χ1n) is 9.37. The summed E-state index contributed by atoms with van der Waals surface area (Å²) in [5, 5.41) is 10.9. The molecule has 24 heavy (non-hydrogen) atoms. The van der Waals surface area contributed by atoms with E-state index >= 15 is 0 Å². The fraction of sp³-hybridized carbons (Fsp3) is 0.789. The number of likely N-dealkylation sites (N-methyl/N-ethyl adjacent to an activating group) is 1. The molecule has 0 radical (unpaired) electrons. The lowest BCUT2D eigenvalue weighted by molar-refractivity contribution is -0.138. The Hall–Kier alpha value is -0.810. The molecule has 5 heteroatoms. The average Bonchev–Trinajstić information content (AvgIpc) is 2.95. The van der Waals surface area contributed by atoms with E-state index in [1.165, 1.54) is 30.7 Å². The average molecular weight is 351 g/mol. The van der Waals surface area contributed by atoms with Crippen molar-refractivity contribution in [1.29, 1.82) is 0 Å². The van der Waals surface area contributed by atoms with Gasteiger partial charge in [-0.05, 0) is 57.1 Å². The highest BCUT2D eigenvalue weighted by Crippen LogP contribution is 2.38. The van der Waals surface area contributed by atoms with E-state index in [-0.39, 0.29) is 6.54 Å². The maximum atomic E-state index is 10.9. The molecule has 0 spiro atoms. The molecule has 2 fully saturated rings. The number of hydrogen-bond acceptors (Lipinski definition) is 4. The van der Waals surface area contributed by atoms with Crippen LogP contribution in [0.4, 0.5) is 0 Å². The Labute approximate surface area is 149 Å². The molecule has 134 valence electrons. The van der Waals surface area contributed by atoms with Crippen molar-refractivity contribution in [3.8, 4) is 0 Å². The van der Waals surface area contributed by atoms with Gasteiger partial charge in [-0.15, -0.1) is 11.8 Å². The van der Waals surface area contributed by atoms with E-state index in [1.54, 1.807) is 0 Å². The van der Waals surface area contributed by atoms with Crippen LogP contribution in [0.15, 0.2) is 17.1 Å². The molecule has 1 heterocycles. The van der Waals surface area contributed by atoms with Gasteiger partial charge in [-0.3, -0.25) is 14.7 Å². The summed E-state index contributed by atoms with van der Waals surface area (Å²) in [5.74, 6) is 0.473. The first-order chi connectivity index (χ1) is 11.5. The van der Waals surface area contributed by atoms with E-state index < -0.39 is 5.97 Å². The number of fused-ring (bicyclic) bond motifs is 1. The molecule has 2 aliphatic carbocycles. The number of aliphatic imine (C=N–C) groups is 1. The fourth-order valence-corrected chi connectivity index (χ4v) is 5.72. The molecule has 3 rings (SSSR count). The second-order valence-electron chi connectivity index (χ2n) is 7.75. The van der Waals surface area contributed by atoms with Crippen molar-refractivity contribution in [3.05, 3.63) is 12.2 Å². The van der Waals surface area contributed by atoms with Crippen LogP contribution in [0.25, 0.3) is 0 Å². The molecule has 0 bridgehead atoms. The quantitative estimate of drug-likeness (QED) is 0.819. The standard InChI is InChI=1S/C19H30N2O2S/c1-13-11-15(21(2)12-19(22)23)9-7-14(13)8-10-18-20-16-5-3-4-6-17(16)24-18/h8,10,13-17H,3-7,9,11-12H2,1-2H3,(H,22,23)/b10-8+. The Morgan fingerprint density at radius 2 is 2.12 bits per heavy atom. The predicted molar refractivity (Wildman–Crippen MR) is 101 cm³/mol. The molecule has 0 amide bonds. The van der Waals surface area contributed by atoms with E-state index in [0.717, 1.165) is 24.5 Å². The van der Waals surface area contributed by atoms with E-state index in [1.807, 2.05) is 23.7 Å². The van der Waals surface area contributed by atoms with E-state index in [2.05, 4.69) is 19.1 Å². The summed E-state index contributed by atoms with van der Waals surface area (Å²) in [7, 11) is 1.94. The lowest BCUT2D eigenvalue weighted by Crippen LogP contribution is -2.40. The van der Waals surface area contributed by atoms with Crippen molar-refractivity contribution >= 4 is 22.8 Å². The smallest absolute Gasteiger partial charge is 0.317 e. The van der Waals surface area contributed by atoms with Crippen LogP contribution >= 0.6 is 11.8 Å². The normalized spacial score (nSPS) is 36.8. The highest BCUT2D eigenvalue weighted by molar-refractivity contribution is 8.15. The van der Waals surface area contributed by atoms with Crippen molar-refractivity contribution in [2.45, 2.75) is 69.2 Å². The van der Waals surface area contributed by atoms with Gasteiger partial charge in [-0.2, -0.15) is 0 Å².